The van der Waals surface area contributed by atoms with E-state index in [0.717, 1.165) is 41.8 Å². The molecule has 1 saturated carbocycles. The molecule has 2 aliphatic heterocycles. The number of anilines is 1. The Kier molecular flexibility index (Phi) is 4.65. The lowest BCUT2D eigenvalue weighted by atomic mass is 9.69. The highest BCUT2D eigenvalue weighted by Crippen LogP contribution is 2.57. The predicted molar refractivity (Wildman–Crippen MR) is 117 cm³/mol. The van der Waals surface area contributed by atoms with Gasteiger partial charge in [0.2, 0.25) is 0 Å². The van der Waals surface area contributed by atoms with Crippen LogP contribution in [0.4, 0.5) is 5.69 Å². The minimum atomic E-state index is -0.607. The molecule has 1 fully saturated rings. The molecule has 0 radical (unpaired) electrons. The van der Waals surface area contributed by atoms with E-state index in [4.69, 9.17) is 14.5 Å². The average molecular weight is 416 g/mol. The van der Waals surface area contributed by atoms with E-state index < -0.39 is 17.4 Å². The molecule has 158 valence electrons. The molecule has 5 rings (SSSR count). The molecule has 6 nitrogen and oxygen atoms in total. The van der Waals surface area contributed by atoms with Crippen molar-refractivity contribution in [1.82, 2.24) is 0 Å². The lowest BCUT2D eigenvalue weighted by molar-refractivity contribution is -0.139. The van der Waals surface area contributed by atoms with Crippen LogP contribution in [0, 0.1) is 0 Å². The maximum absolute atomic E-state index is 13.1. The van der Waals surface area contributed by atoms with Crippen molar-refractivity contribution in [3.05, 3.63) is 77.0 Å². The fourth-order valence-electron chi connectivity index (χ4n) is 5.55. The molecule has 2 aromatic rings. The standard InChI is InChI=1S/C25H24N2O4/c1-30-23(28)20-21(24(29)31-2)26-19-13-8-14-25(19)17-11-6-7-12-18(17)27(22(20)25)15-16-9-4-3-5-10-16/h3-7,9-12,22H,8,13-15H2,1-2H3/t22-,25+/m0/s1. The number of methoxy groups -OCH3 is 2. The average Bonchev–Trinajstić information content (AvgIpc) is 3.36. The highest BCUT2D eigenvalue weighted by atomic mass is 16.5. The van der Waals surface area contributed by atoms with Gasteiger partial charge in [-0.2, -0.15) is 0 Å². The maximum atomic E-state index is 13.1. The Hall–Kier alpha value is -3.41. The lowest BCUT2D eigenvalue weighted by Crippen LogP contribution is -2.52. The molecule has 1 aliphatic carbocycles. The van der Waals surface area contributed by atoms with Gasteiger partial charge in [0.25, 0.3) is 0 Å². The van der Waals surface area contributed by atoms with Crippen LogP contribution in [0.25, 0.3) is 0 Å². The van der Waals surface area contributed by atoms with Crippen molar-refractivity contribution in [1.29, 1.82) is 0 Å². The van der Waals surface area contributed by atoms with Gasteiger partial charge in [0, 0.05) is 17.9 Å². The van der Waals surface area contributed by atoms with Gasteiger partial charge < -0.3 is 14.4 Å². The van der Waals surface area contributed by atoms with Crippen LogP contribution < -0.4 is 4.90 Å². The summed E-state index contributed by atoms with van der Waals surface area (Å²) in [6.07, 6.45) is 2.61. The summed E-state index contributed by atoms with van der Waals surface area (Å²) in [5.41, 5.74) is 4.22. The van der Waals surface area contributed by atoms with Gasteiger partial charge in [0.15, 0.2) is 5.70 Å². The number of rotatable bonds is 4. The fourth-order valence-corrected chi connectivity index (χ4v) is 5.55. The fraction of sp³-hybridized carbons (Fsp3) is 0.320. The molecule has 2 aromatic carbocycles. The first-order valence-corrected chi connectivity index (χ1v) is 10.5. The Balaban J connectivity index is 1.77. The van der Waals surface area contributed by atoms with E-state index in [2.05, 4.69) is 29.2 Å². The van der Waals surface area contributed by atoms with E-state index in [-0.39, 0.29) is 17.3 Å². The molecule has 0 saturated heterocycles. The van der Waals surface area contributed by atoms with Crippen molar-refractivity contribution in [3.8, 4) is 0 Å². The van der Waals surface area contributed by atoms with Crippen LogP contribution in [0.2, 0.25) is 0 Å². The van der Waals surface area contributed by atoms with Gasteiger partial charge in [0.1, 0.15) is 0 Å². The molecule has 0 N–H and O–H groups in total. The minimum absolute atomic E-state index is 0.0674. The van der Waals surface area contributed by atoms with Gasteiger partial charge in [-0.3, -0.25) is 0 Å². The van der Waals surface area contributed by atoms with Crippen molar-refractivity contribution in [3.63, 3.8) is 0 Å². The summed E-state index contributed by atoms with van der Waals surface area (Å²) in [4.78, 5) is 32.8. The summed E-state index contributed by atoms with van der Waals surface area (Å²) < 4.78 is 10.2. The van der Waals surface area contributed by atoms with Crippen LogP contribution >= 0.6 is 0 Å². The van der Waals surface area contributed by atoms with Gasteiger partial charge in [-0.1, -0.05) is 48.5 Å². The molecule has 1 spiro atoms. The molecule has 2 heterocycles. The Morgan fingerprint density at radius 2 is 1.74 bits per heavy atom. The first-order chi connectivity index (χ1) is 15.1. The van der Waals surface area contributed by atoms with Crippen LogP contribution in [0.1, 0.15) is 30.4 Å². The van der Waals surface area contributed by atoms with E-state index in [9.17, 15) is 9.59 Å². The number of benzene rings is 2. The third kappa shape index (κ3) is 2.74. The molecule has 0 amide bonds. The van der Waals surface area contributed by atoms with Crippen LogP contribution in [0.15, 0.2) is 70.9 Å². The second kappa shape index (κ2) is 7.38. The van der Waals surface area contributed by atoms with E-state index >= 15 is 0 Å². The Bertz CT molecular complexity index is 1120. The molecule has 2 atom stereocenters. The van der Waals surface area contributed by atoms with Gasteiger partial charge in [-0.05, 0) is 36.5 Å². The smallest absolute Gasteiger partial charge is 0.357 e. The highest BCUT2D eigenvalue weighted by molar-refractivity contribution is 6.12. The molecule has 31 heavy (non-hydrogen) atoms. The van der Waals surface area contributed by atoms with Crippen molar-refractivity contribution >= 4 is 23.3 Å². The van der Waals surface area contributed by atoms with Gasteiger partial charge in [0.05, 0.1) is 31.2 Å². The Morgan fingerprint density at radius 1 is 1.03 bits per heavy atom. The monoisotopic (exact) mass is 416 g/mol. The number of hydrogen-bond acceptors (Lipinski definition) is 6. The molecular weight excluding hydrogens is 392 g/mol. The zero-order chi connectivity index (χ0) is 21.6. The quantitative estimate of drug-likeness (QED) is 0.713. The number of para-hydroxylation sites is 1. The van der Waals surface area contributed by atoms with Crippen molar-refractivity contribution in [2.75, 3.05) is 19.1 Å². The molecule has 0 aromatic heterocycles. The van der Waals surface area contributed by atoms with Gasteiger partial charge >= 0.3 is 11.9 Å². The normalized spacial score (nSPS) is 23.6. The number of carbonyl (C=O) groups excluding carboxylic acids is 2. The second-order valence-corrected chi connectivity index (χ2v) is 8.16. The Labute approximate surface area is 181 Å². The number of esters is 2. The molecule has 6 heteroatoms. The third-order valence-corrected chi connectivity index (χ3v) is 6.73. The van der Waals surface area contributed by atoms with Gasteiger partial charge in [-0.25, -0.2) is 14.6 Å². The van der Waals surface area contributed by atoms with Crippen molar-refractivity contribution < 1.29 is 19.1 Å². The number of aliphatic imine (C=N–C) groups is 1. The number of hydrogen-bond donors (Lipinski definition) is 0. The topological polar surface area (TPSA) is 68.2 Å². The number of nitrogens with zero attached hydrogens (tertiary/aromatic N) is 2. The summed E-state index contributed by atoms with van der Waals surface area (Å²) in [5.74, 6) is -1.14. The zero-order valence-corrected chi connectivity index (χ0v) is 17.6. The van der Waals surface area contributed by atoms with Crippen LogP contribution in [-0.4, -0.2) is 37.9 Å². The van der Waals surface area contributed by atoms with Crippen molar-refractivity contribution in [2.24, 2.45) is 4.99 Å². The van der Waals surface area contributed by atoms with Crippen LogP contribution in [-0.2, 0) is 31.0 Å². The van der Waals surface area contributed by atoms with E-state index in [0.29, 0.717) is 6.54 Å². The molecule has 0 bridgehead atoms. The maximum Gasteiger partial charge on any atom is 0.357 e. The third-order valence-electron chi connectivity index (χ3n) is 6.73. The molecule has 0 unspecified atom stereocenters. The largest absolute Gasteiger partial charge is 0.466 e. The first-order valence-electron chi connectivity index (χ1n) is 10.5. The summed E-state index contributed by atoms with van der Waals surface area (Å²) >= 11 is 0. The van der Waals surface area contributed by atoms with Crippen LogP contribution in [0.5, 0.6) is 0 Å². The Morgan fingerprint density at radius 3 is 2.48 bits per heavy atom. The summed E-state index contributed by atoms with van der Waals surface area (Å²) in [5, 5.41) is 0. The predicted octanol–water partition coefficient (Wildman–Crippen LogP) is 3.55. The first kappa shape index (κ1) is 19.5. The number of fused-ring (bicyclic) bond motifs is 1. The van der Waals surface area contributed by atoms with Crippen molar-refractivity contribution in [2.45, 2.75) is 37.3 Å². The van der Waals surface area contributed by atoms with E-state index in [1.165, 1.54) is 14.2 Å². The zero-order valence-electron chi connectivity index (χ0n) is 17.6. The summed E-state index contributed by atoms with van der Waals surface area (Å²) in [6, 6.07) is 18.0. The lowest BCUT2D eigenvalue weighted by Gasteiger charge is -2.40. The van der Waals surface area contributed by atoms with E-state index in [1.54, 1.807) is 0 Å². The van der Waals surface area contributed by atoms with Gasteiger partial charge in [-0.15, -0.1) is 0 Å². The SMILES string of the molecule is COC(=O)C1=C(C(=O)OC)[C@@H]2N(Cc3ccccc3)c3ccccc3[C@@]23CCCC3=N1. The van der Waals surface area contributed by atoms with Crippen LogP contribution in [0.3, 0.4) is 0 Å². The molecule has 3 aliphatic rings. The number of carbonyl (C=O) groups is 2. The number of ether oxygens (including phenoxy) is 2. The summed E-state index contributed by atoms with van der Waals surface area (Å²) in [6.45, 7) is 0.604. The second-order valence-electron chi connectivity index (χ2n) is 8.16. The minimum Gasteiger partial charge on any atom is -0.466 e. The molecular formula is C25H24N2O4. The summed E-state index contributed by atoms with van der Waals surface area (Å²) in [7, 11) is 2.65. The van der Waals surface area contributed by atoms with E-state index in [1.807, 2.05) is 30.3 Å². The highest BCUT2D eigenvalue weighted by Gasteiger charge is 2.61.